The van der Waals surface area contributed by atoms with Gasteiger partial charge in [-0.15, -0.1) is 0 Å². The zero-order chi connectivity index (χ0) is 23.0. The highest BCUT2D eigenvalue weighted by molar-refractivity contribution is 6.17. The summed E-state index contributed by atoms with van der Waals surface area (Å²) in [6.45, 7) is 1.36. The van der Waals surface area contributed by atoms with Crippen LogP contribution in [0.15, 0.2) is 48.9 Å². The van der Waals surface area contributed by atoms with Crippen LogP contribution in [0.1, 0.15) is 39.8 Å². The number of aromatic nitrogens is 3. The second kappa shape index (κ2) is 8.27. The number of nitrogen functional groups attached to an aromatic ring is 1. The van der Waals surface area contributed by atoms with Crippen LogP contribution < -0.4 is 11.1 Å². The lowest BCUT2D eigenvalue weighted by Crippen LogP contribution is -2.15. The summed E-state index contributed by atoms with van der Waals surface area (Å²) in [6, 6.07) is 7.98. The topological polar surface area (TPSA) is 115 Å². The number of Topliss-reactive ketones (excluding diaryl/α,β-unsaturated/α-hetero) is 1. The van der Waals surface area contributed by atoms with Gasteiger partial charge in [0, 0.05) is 37.0 Å². The van der Waals surface area contributed by atoms with Crippen LogP contribution in [-0.2, 0) is 13.7 Å². The van der Waals surface area contributed by atoms with Gasteiger partial charge < -0.3 is 20.6 Å². The van der Waals surface area contributed by atoms with Crippen molar-refractivity contribution >= 4 is 28.6 Å². The van der Waals surface area contributed by atoms with Crippen LogP contribution in [0.25, 0.3) is 16.6 Å². The first-order chi connectivity index (χ1) is 15.3. The number of hydrogen-bond donors (Lipinski definition) is 3. The predicted molar refractivity (Wildman–Crippen MR) is 119 cm³/mol. The first-order valence-corrected chi connectivity index (χ1v) is 10.0. The normalized spacial score (nSPS) is 11.1. The Kier molecular flexibility index (Phi) is 5.50. The van der Waals surface area contributed by atoms with Gasteiger partial charge in [0.1, 0.15) is 5.69 Å². The third kappa shape index (κ3) is 3.52. The fourth-order valence-corrected chi connectivity index (χ4v) is 3.74. The molecule has 0 saturated heterocycles. The van der Waals surface area contributed by atoms with Gasteiger partial charge in [-0.2, -0.15) is 5.10 Å². The molecule has 8 nitrogen and oxygen atoms in total. The van der Waals surface area contributed by atoms with E-state index in [0.717, 1.165) is 0 Å². The van der Waals surface area contributed by atoms with Crippen LogP contribution in [0.5, 0.6) is 0 Å². The number of anilines is 2. The Balaban J connectivity index is 1.81. The summed E-state index contributed by atoms with van der Waals surface area (Å²) in [5, 5.41) is 16.3. The average molecular weight is 435 g/mol. The monoisotopic (exact) mass is 435 g/mol. The molecule has 3 aromatic heterocycles. The number of nitrogens with two attached hydrogens (primary N) is 1. The maximum atomic E-state index is 15.3. The van der Waals surface area contributed by atoms with Crippen molar-refractivity contribution in [3.63, 3.8) is 0 Å². The number of halogens is 1. The number of aliphatic hydroxyl groups is 1. The minimum absolute atomic E-state index is 0.0340. The van der Waals surface area contributed by atoms with Crippen LogP contribution in [0.3, 0.4) is 0 Å². The van der Waals surface area contributed by atoms with Gasteiger partial charge in [-0.05, 0) is 29.8 Å². The van der Waals surface area contributed by atoms with E-state index in [0.29, 0.717) is 16.6 Å². The zero-order valence-corrected chi connectivity index (χ0v) is 17.6. The van der Waals surface area contributed by atoms with E-state index in [9.17, 15) is 14.7 Å². The summed E-state index contributed by atoms with van der Waals surface area (Å²) in [4.78, 5) is 25.7. The van der Waals surface area contributed by atoms with Crippen LogP contribution >= 0.6 is 0 Å². The van der Waals surface area contributed by atoms with E-state index in [1.807, 2.05) is 0 Å². The van der Waals surface area contributed by atoms with Crippen molar-refractivity contribution in [2.75, 3.05) is 11.1 Å². The molecule has 0 atom stereocenters. The van der Waals surface area contributed by atoms with E-state index in [2.05, 4.69) is 10.4 Å². The predicted octanol–water partition coefficient (Wildman–Crippen LogP) is 3.40. The van der Waals surface area contributed by atoms with Gasteiger partial charge in [-0.3, -0.25) is 14.3 Å². The lowest BCUT2D eigenvalue weighted by Gasteiger charge is -2.12. The fraction of sp³-hybridized carbons (Fsp3) is 0.174. The molecule has 0 bridgehead atoms. The lowest BCUT2D eigenvalue weighted by molar-refractivity contribution is 0.0983. The molecule has 0 spiro atoms. The number of carbonyl (C=O) groups is 2. The Bertz CT molecular complexity index is 1360. The summed E-state index contributed by atoms with van der Waals surface area (Å²) in [6.07, 6.45) is 4.99. The van der Waals surface area contributed by atoms with E-state index in [1.54, 1.807) is 49.0 Å². The van der Waals surface area contributed by atoms with Crippen LogP contribution in [0, 0.1) is 5.82 Å². The van der Waals surface area contributed by atoms with Gasteiger partial charge in [-0.25, -0.2) is 4.39 Å². The van der Waals surface area contributed by atoms with E-state index >= 15 is 4.39 Å². The van der Waals surface area contributed by atoms with Crippen LogP contribution in [0.4, 0.5) is 15.8 Å². The summed E-state index contributed by atoms with van der Waals surface area (Å²) in [5.41, 5.74) is 7.98. The van der Waals surface area contributed by atoms with Gasteiger partial charge in [0.05, 0.1) is 35.3 Å². The number of benzene rings is 1. The van der Waals surface area contributed by atoms with Crippen molar-refractivity contribution in [2.24, 2.45) is 7.05 Å². The minimum atomic E-state index is -0.671. The summed E-state index contributed by atoms with van der Waals surface area (Å²) in [5.74, 6) is -1.54. The van der Waals surface area contributed by atoms with Crippen LogP contribution in [-0.4, -0.2) is 31.0 Å². The van der Waals surface area contributed by atoms with E-state index in [4.69, 9.17) is 5.73 Å². The molecule has 0 radical (unpaired) electrons. The van der Waals surface area contributed by atoms with Gasteiger partial charge in [0.2, 0.25) is 0 Å². The number of pyridine rings is 1. The quantitative estimate of drug-likeness (QED) is 0.402. The van der Waals surface area contributed by atoms with Crippen molar-refractivity contribution < 1.29 is 19.1 Å². The van der Waals surface area contributed by atoms with Crippen LogP contribution in [0.2, 0.25) is 0 Å². The highest BCUT2D eigenvalue weighted by Gasteiger charge is 2.25. The number of amides is 1. The number of rotatable bonds is 6. The molecular formula is C23H22FN5O3. The number of nitrogens with zero attached hydrogens (tertiary/aromatic N) is 3. The molecule has 4 N–H and O–H groups in total. The molecule has 1 amide bonds. The van der Waals surface area contributed by atoms with Gasteiger partial charge >= 0.3 is 0 Å². The molecule has 0 fully saturated rings. The zero-order valence-electron chi connectivity index (χ0n) is 17.6. The molecule has 164 valence electrons. The van der Waals surface area contributed by atoms with E-state index in [-0.39, 0.29) is 47.0 Å². The van der Waals surface area contributed by atoms with Gasteiger partial charge in [0.25, 0.3) is 5.91 Å². The number of hydrogen-bond acceptors (Lipinski definition) is 5. The van der Waals surface area contributed by atoms with Crippen molar-refractivity contribution in [2.45, 2.75) is 20.0 Å². The Morgan fingerprint density at radius 3 is 2.72 bits per heavy atom. The van der Waals surface area contributed by atoms with Crippen molar-refractivity contribution in [1.29, 1.82) is 0 Å². The third-order valence-corrected chi connectivity index (χ3v) is 5.27. The molecule has 0 aliphatic carbocycles. The highest BCUT2D eigenvalue weighted by atomic mass is 19.1. The molecule has 4 aromatic rings. The smallest absolute Gasteiger partial charge is 0.260 e. The molecule has 9 heteroatoms. The number of fused-ring (bicyclic) bond motifs is 1. The van der Waals surface area contributed by atoms with Gasteiger partial charge in [0.15, 0.2) is 11.6 Å². The molecule has 0 aliphatic heterocycles. The van der Waals surface area contributed by atoms with Crippen molar-refractivity contribution in [3.05, 3.63) is 71.6 Å². The molecule has 32 heavy (non-hydrogen) atoms. The molecule has 0 unspecified atom stereocenters. The third-order valence-electron chi connectivity index (χ3n) is 5.27. The van der Waals surface area contributed by atoms with Gasteiger partial charge in [-0.1, -0.05) is 13.0 Å². The van der Waals surface area contributed by atoms with Crippen molar-refractivity contribution in [3.8, 4) is 11.1 Å². The Hall–Kier alpha value is -3.98. The second-order valence-electron chi connectivity index (χ2n) is 7.39. The number of ketones is 1. The summed E-state index contributed by atoms with van der Waals surface area (Å²) in [7, 11) is 1.70. The number of aryl methyl sites for hydroxylation is 1. The Morgan fingerprint density at radius 1 is 1.28 bits per heavy atom. The average Bonchev–Trinajstić information content (AvgIpc) is 3.34. The molecule has 4 rings (SSSR count). The number of aliphatic hydroxyl groups excluding tert-OH is 1. The summed E-state index contributed by atoms with van der Waals surface area (Å²) < 4.78 is 18.4. The Morgan fingerprint density at radius 2 is 2.06 bits per heavy atom. The minimum Gasteiger partial charge on any atom is -0.396 e. The number of carbonyl (C=O) groups excluding carboxylic acids is 2. The van der Waals surface area contributed by atoms with E-state index in [1.165, 1.54) is 23.0 Å². The highest BCUT2D eigenvalue weighted by Crippen LogP contribution is 2.32. The lowest BCUT2D eigenvalue weighted by atomic mass is 10.0. The second-order valence-corrected chi connectivity index (χ2v) is 7.39. The standard InChI is InChI=1S/C23H22FN5O3/c1-3-18(31)22-21(25)19(17-6-4-5-7-29(17)22)23(32)27-16-9-13(12-30)8-15(20(16)24)14-10-26-28(2)11-14/h4-11,30H,3,12,25H2,1-2H3,(H,27,32). The van der Waals surface area contributed by atoms with Crippen molar-refractivity contribution in [1.82, 2.24) is 14.2 Å². The molecule has 0 aliphatic rings. The molecule has 1 aromatic carbocycles. The Labute approximate surface area is 183 Å². The fourth-order valence-electron chi connectivity index (χ4n) is 3.74. The molecule has 0 saturated carbocycles. The van der Waals surface area contributed by atoms with E-state index < -0.39 is 11.7 Å². The maximum absolute atomic E-state index is 15.3. The molecular weight excluding hydrogens is 413 g/mol. The number of nitrogens with one attached hydrogen (secondary N) is 1. The molecule has 3 heterocycles. The maximum Gasteiger partial charge on any atom is 0.260 e. The largest absolute Gasteiger partial charge is 0.396 e. The first kappa shape index (κ1) is 21.3. The summed E-state index contributed by atoms with van der Waals surface area (Å²) >= 11 is 0. The SMILES string of the molecule is CCC(=O)c1c(N)c(C(=O)Nc2cc(CO)cc(-c3cnn(C)c3)c2F)c2ccccn12. The first-order valence-electron chi connectivity index (χ1n) is 10.0.